The van der Waals surface area contributed by atoms with Gasteiger partial charge in [0.25, 0.3) is 0 Å². The Kier molecular flexibility index (Phi) is 7.11. The van der Waals surface area contributed by atoms with Gasteiger partial charge in [0.05, 0.1) is 0 Å². The molecule has 2 nitrogen and oxygen atoms in total. The predicted octanol–water partition coefficient (Wildman–Crippen LogP) is 3.69. The zero-order chi connectivity index (χ0) is 14.3. The highest BCUT2D eigenvalue weighted by molar-refractivity contribution is 5.33. The lowest BCUT2D eigenvalue weighted by Gasteiger charge is -2.27. The minimum atomic E-state index is 0.428. The van der Waals surface area contributed by atoms with Gasteiger partial charge < -0.3 is 10.2 Å². The number of unbranched alkanes of at least 4 members (excludes halogenated alkanes) is 1. The highest BCUT2D eigenvalue weighted by atomic mass is 15.1. The van der Waals surface area contributed by atoms with Crippen LogP contribution in [0.3, 0.4) is 0 Å². The summed E-state index contributed by atoms with van der Waals surface area (Å²) >= 11 is 0. The molecule has 1 N–H and O–H groups in total. The molecule has 0 saturated carbocycles. The highest BCUT2D eigenvalue weighted by Gasteiger charge is 2.15. The van der Waals surface area contributed by atoms with Crippen LogP contribution in [0.15, 0.2) is 18.2 Å². The van der Waals surface area contributed by atoms with Crippen LogP contribution in [-0.4, -0.2) is 31.6 Å². The molecule has 0 amide bonds. The summed E-state index contributed by atoms with van der Waals surface area (Å²) in [7, 11) is 2.07. The van der Waals surface area contributed by atoms with Gasteiger partial charge >= 0.3 is 0 Å². The number of aryl methyl sites for hydroxylation is 2. The van der Waals surface area contributed by atoms with Crippen LogP contribution in [0.4, 0.5) is 0 Å². The summed E-state index contributed by atoms with van der Waals surface area (Å²) in [4.78, 5) is 2.55. The number of hydrogen-bond donors (Lipinski definition) is 1. The summed E-state index contributed by atoms with van der Waals surface area (Å²) in [6.07, 6.45) is 2.56. The molecule has 2 heteroatoms. The molecule has 0 spiro atoms. The van der Waals surface area contributed by atoms with Crippen molar-refractivity contribution >= 4 is 0 Å². The van der Waals surface area contributed by atoms with Crippen LogP contribution in [0.2, 0.25) is 0 Å². The summed E-state index contributed by atoms with van der Waals surface area (Å²) in [6.45, 7) is 12.3. The predicted molar refractivity (Wildman–Crippen MR) is 84.7 cm³/mol. The van der Waals surface area contributed by atoms with E-state index in [2.05, 4.69) is 63.2 Å². The van der Waals surface area contributed by atoms with Crippen molar-refractivity contribution in [1.29, 1.82) is 0 Å². The number of hydrogen-bond acceptors (Lipinski definition) is 2. The largest absolute Gasteiger partial charge is 0.312 e. The van der Waals surface area contributed by atoms with Crippen LogP contribution in [-0.2, 0) is 0 Å². The van der Waals surface area contributed by atoms with Crippen molar-refractivity contribution in [2.24, 2.45) is 0 Å². The molecule has 0 aliphatic carbocycles. The number of benzene rings is 1. The lowest BCUT2D eigenvalue weighted by atomic mass is 9.99. The Balaban J connectivity index is 2.76. The molecule has 1 aromatic carbocycles. The molecule has 0 aliphatic rings. The summed E-state index contributed by atoms with van der Waals surface area (Å²) in [5, 5.41) is 3.48. The van der Waals surface area contributed by atoms with Crippen LogP contribution < -0.4 is 5.32 Å². The van der Waals surface area contributed by atoms with Gasteiger partial charge in [0, 0.05) is 12.6 Å². The SMILES string of the molecule is CCCCN(CC)CC(NC)c1ccc(C)cc1C. The first-order chi connectivity index (χ1) is 9.12. The number of nitrogens with zero attached hydrogens (tertiary/aromatic N) is 1. The molecule has 1 atom stereocenters. The minimum absolute atomic E-state index is 0.428. The second-order valence-electron chi connectivity index (χ2n) is 5.45. The Labute approximate surface area is 119 Å². The van der Waals surface area contributed by atoms with Crippen LogP contribution in [0, 0.1) is 13.8 Å². The van der Waals surface area contributed by atoms with E-state index in [4.69, 9.17) is 0 Å². The van der Waals surface area contributed by atoms with Gasteiger partial charge in [0.1, 0.15) is 0 Å². The maximum absolute atomic E-state index is 3.48. The van der Waals surface area contributed by atoms with Crippen LogP contribution in [0.1, 0.15) is 49.4 Å². The van der Waals surface area contributed by atoms with E-state index in [0.29, 0.717) is 6.04 Å². The topological polar surface area (TPSA) is 15.3 Å². The van der Waals surface area contributed by atoms with E-state index in [1.54, 1.807) is 0 Å². The molecule has 0 bridgehead atoms. The van der Waals surface area contributed by atoms with E-state index in [1.807, 2.05) is 0 Å². The molecule has 1 aromatic rings. The highest BCUT2D eigenvalue weighted by Crippen LogP contribution is 2.20. The van der Waals surface area contributed by atoms with Crippen molar-refractivity contribution in [2.75, 3.05) is 26.7 Å². The molecule has 0 fully saturated rings. The quantitative estimate of drug-likeness (QED) is 0.768. The van der Waals surface area contributed by atoms with E-state index >= 15 is 0 Å². The maximum atomic E-state index is 3.48. The number of likely N-dealkylation sites (N-methyl/N-ethyl adjacent to an activating group) is 2. The van der Waals surface area contributed by atoms with E-state index in [0.717, 1.165) is 13.1 Å². The van der Waals surface area contributed by atoms with Gasteiger partial charge in [-0.15, -0.1) is 0 Å². The molecule has 0 heterocycles. The van der Waals surface area contributed by atoms with E-state index in [-0.39, 0.29) is 0 Å². The molecule has 0 aromatic heterocycles. The Morgan fingerprint density at radius 2 is 1.95 bits per heavy atom. The summed E-state index contributed by atoms with van der Waals surface area (Å²) in [5.74, 6) is 0. The molecule has 108 valence electrons. The van der Waals surface area contributed by atoms with Crippen molar-refractivity contribution in [1.82, 2.24) is 10.2 Å². The van der Waals surface area contributed by atoms with Crippen LogP contribution in [0.5, 0.6) is 0 Å². The maximum Gasteiger partial charge on any atom is 0.0449 e. The van der Waals surface area contributed by atoms with Gasteiger partial charge in [0.2, 0.25) is 0 Å². The molecule has 19 heavy (non-hydrogen) atoms. The van der Waals surface area contributed by atoms with Crippen molar-refractivity contribution in [3.63, 3.8) is 0 Å². The average Bonchev–Trinajstić information content (AvgIpc) is 2.40. The summed E-state index contributed by atoms with van der Waals surface area (Å²) < 4.78 is 0. The Morgan fingerprint density at radius 1 is 1.21 bits per heavy atom. The first kappa shape index (κ1) is 16.2. The molecule has 0 aliphatic heterocycles. The van der Waals surface area contributed by atoms with E-state index in [1.165, 1.54) is 36.1 Å². The zero-order valence-corrected chi connectivity index (χ0v) is 13.3. The van der Waals surface area contributed by atoms with E-state index < -0.39 is 0 Å². The Bertz CT molecular complexity index is 374. The Hall–Kier alpha value is -0.860. The van der Waals surface area contributed by atoms with E-state index in [9.17, 15) is 0 Å². The number of nitrogens with one attached hydrogen (secondary N) is 1. The van der Waals surface area contributed by atoms with Crippen molar-refractivity contribution in [2.45, 2.75) is 46.6 Å². The second-order valence-corrected chi connectivity index (χ2v) is 5.45. The van der Waals surface area contributed by atoms with Crippen molar-refractivity contribution < 1.29 is 0 Å². The molecule has 1 unspecified atom stereocenters. The van der Waals surface area contributed by atoms with Crippen LogP contribution in [0.25, 0.3) is 0 Å². The Morgan fingerprint density at radius 3 is 2.47 bits per heavy atom. The molecular formula is C17H30N2. The fraction of sp³-hybridized carbons (Fsp3) is 0.647. The molecule has 1 rings (SSSR count). The average molecular weight is 262 g/mol. The van der Waals surface area contributed by atoms with Crippen molar-refractivity contribution in [3.05, 3.63) is 34.9 Å². The van der Waals surface area contributed by atoms with Crippen LogP contribution >= 0.6 is 0 Å². The fourth-order valence-corrected chi connectivity index (χ4v) is 2.58. The van der Waals surface area contributed by atoms with Gasteiger partial charge in [-0.05, 0) is 51.5 Å². The molecule has 0 saturated heterocycles. The zero-order valence-electron chi connectivity index (χ0n) is 13.3. The van der Waals surface area contributed by atoms with Gasteiger partial charge in [-0.3, -0.25) is 0 Å². The summed E-state index contributed by atoms with van der Waals surface area (Å²) in [6, 6.07) is 7.20. The standard InChI is InChI=1S/C17H30N2/c1-6-8-11-19(7-2)13-17(18-5)16-10-9-14(3)12-15(16)4/h9-10,12,17-18H,6-8,11,13H2,1-5H3. The smallest absolute Gasteiger partial charge is 0.0449 e. The minimum Gasteiger partial charge on any atom is -0.312 e. The van der Waals surface area contributed by atoms with Gasteiger partial charge in [-0.1, -0.05) is 44.0 Å². The third-order valence-corrected chi connectivity index (χ3v) is 3.87. The lowest BCUT2D eigenvalue weighted by molar-refractivity contribution is 0.254. The fourth-order valence-electron chi connectivity index (χ4n) is 2.58. The van der Waals surface area contributed by atoms with Gasteiger partial charge in [-0.25, -0.2) is 0 Å². The monoisotopic (exact) mass is 262 g/mol. The lowest BCUT2D eigenvalue weighted by Crippen LogP contribution is -2.34. The first-order valence-electron chi connectivity index (χ1n) is 7.59. The molecular weight excluding hydrogens is 232 g/mol. The third-order valence-electron chi connectivity index (χ3n) is 3.87. The van der Waals surface area contributed by atoms with Gasteiger partial charge in [-0.2, -0.15) is 0 Å². The first-order valence-corrected chi connectivity index (χ1v) is 7.59. The van der Waals surface area contributed by atoms with Gasteiger partial charge in [0.15, 0.2) is 0 Å². The number of rotatable bonds is 8. The third kappa shape index (κ3) is 4.96. The normalized spacial score (nSPS) is 12.9. The van der Waals surface area contributed by atoms with Crippen molar-refractivity contribution in [3.8, 4) is 0 Å². The molecule has 0 radical (unpaired) electrons. The second kappa shape index (κ2) is 8.34. The summed E-state index contributed by atoms with van der Waals surface area (Å²) in [5.41, 5.74) is 4.17.